The maximum Gasteiger partial charge on any atom is 0.317 e. The molecule has 0 radical (unpaired) electrons. The van der Waals surface area contributed by atoms with E-state index in [-0.39, 0.29) is 12.1 Å². The van der Waals surface area contributed by atoms with Crippen molar-refractivity contribution >= 4 is 23.3 Å². The first-order valence-electron chi connectivity index (χ1n) is 9.82. The molecule has 0 saturated carbocycles. The summed E-state index contributed by atoms with van der Waals surface area (Å²) in [5.74, 6) is 0.826. The molecule has 1 atom stereocenters. The van der Waals surface area contributed by atoms with Crippen LogP contribution in [0.5, 0.6) is 5.75 Å². The fourth-order valence-electron chi connectivity index (χ4n) is 3.58. The summed E-state index contributed by atoms with van der Waals surface area (Å²) in [7, 11) is 5.69. The van der Waals surface area contributed by atoms with E-state index in [2.05, 4.69) is 15.1 Å². The van der Waals surface area contributed by atoms with Gasteiger partial charge in [-0.2, -0.15) is 0 Å². The van der Waals surface area contributed by atoms with E-state index in [0.29, 0.717) is 19.6 Å². The number of piperazine rings is 1. The summed E-state index contributed by atoms with van der Waals surface area (Å²) < 4.78 is 5.23. The van der Waals surface area contributed by atoms with Gasteiger partial charge in [-0.15, -0.1) is 0 Å². The molecule has 6 nitrogen and oxygen atoms in total. The predicted octanol–water partition coefficient (Wildman–Crippen LogP) is 3.48. The topological polar surface area (TPSA) is 48.1 Å². The van der Waals surface area contributed by atoms with Crippen molar-refractivity contribution in [3.8, 4) is 5.75 Å². The van der Waals surface area contributed by atoms with Crippen molar-refractivity contribution in [2.75, 3.05) is 58.8 Å². The Labute approximate surface area is 178 Å². The number of para-hydroxylation sites is 1. The Balaban J connectivity index is 1.53. The molecular weight excluding hydrogens is 388 g/mol. The third-order valence-electron chi connectivity index (χ3n) is 5.33. The van der Waals surface area contributed by atoms with Crippen molar-refractivity contribution in [2.45, 2.75) is 6.04 Å². The highest BCUT2D eigenvalue weighted by Gasteiger charge is 2.23. The monoisotopic (exact) mass is 416 g/mol. The number of likely N-dealkylation sites (N-methyl/N-ethyl adjacent to an activating group) is 1. The van der Waals surface area contributed by atoms with Gasteiger partial charge in [0.2, 0.25) is 0 Å². The molecule has 2 aromatic carbocycles. The summed E-state index contributed by atoms with van der Waals surface area (Å²) >= 11 is 6.30. The minimum atomic E-state index is -0.0239. The molecule has 0 spiro atoms. The minimum Gasteiger partial charge on any atom is -0.497 e. The molecule has 29 heavy (non-hydrogen) atoms. The maximum atomic E-state index is 12.7. The Hall–Kier alpha value is -2.44. The highest BCUT2D eigenvalue weighted by Crippen LogP contribution is 2.26. The number of nitrogens with one attached hydrogen (secondary N) is 1. The molecule has 1 aliphatic heterocycles. The third-order valence-corrected chi connectivity index (χ3v) is 5.65. The fourth-order valence-corrected chi connectivity index (χ4v) is 3.83. The van der Waals surface area contributed by atoms with Gasteiger partial charge in [0.25, 0.3) is 0 Å². The van der Waals surface area contributed by atoms with Gasteiger partial charge >= 0.3 is 6.03 Å². The average molecular weight is 417 g/mol. The Morgan fingerprint density at radius 3 is 2.34 bits per heavy atom. The van der Waals surface area contributed by atoms with Crippen LogP contribution in [0.15, 0.2) is 48.5 Å². The van der Waals surface area contributed by atoms with Crippen LogP contribution in [0.3, 0.4) is 0 Å². The van der Waals surface area contributed by atoms with Crippen LogP contribution in [-0.2, 0) is 0 Å². The Morgan fingerprint density at radius 1 is 1.10 bits per heavy atom. The number of carbonyl (C=O) groups is 1. The summed E-state index contributed by atoms with van der Waals surface area (Å²) in [6, 6.07) is 15.9. The number of ether oxygens (including phenoxy) is 1. The van der Waals surface area contributed by atoms with E-state index >= 15 is 0 Å². The van der Waals surface area contributed by atoms with E-state index in [1.807, 2.05) is 67.5 Å². The molecule has 0 aromatic heterocycles. The van der Waals surface area contributed by atoms with Gasteiger partial charge < -0.3 is 24.8 Å². The minimum absolute atomic E-state index is 0.0239. The molecule has 0 aliphatic carbocycles. The summed E-state index contributed by atoms with van der Waals surface area (Å²) in [6.07, 6.45) is 0. The zero-order chi connectivity index (χ0) is 20.8. The highest BCUT2D eigenvalue weighted by atomic mass is 35.5. The molecule has 156 valence electrons. The maximum absolute atomic E-state index is 12.7. The molecule has 1 saturated heterocycles. The second-order valence-electron chi connectivity index (χ2n) is 7.36. The third kappa shape index (κ3) is 5.34. The number of rotatable bonds is 6. The lowest BCUT2D eigenvalue weighted by Gasteiger charge is -2.37. The molecule has 1 heterocycles. The van der Waals surface area contributed by atoms with E-state index in [0.717, 1.165) is 35.1 Å². The van der Waals surface area contributed by atoms with Crippen molar-refractivity contribution < 1.29 is 9.53 Å². The second-order valence-corrected chi connectivity index (χ2v) is 7.77. The number of urea groups is 1. The van der Waals surface area contributed by atoms with Crippen LogP contribution < -0.4 is 15.0 Å². The molecule has 0 bridgehead atoms. The van der Waals surface area contributed by atoms with Gasteiger partial charge in [-0.3, -0.25) is 0 Å². The van der Waals surface area contributed by atoms with Gasteiger partial charge in [0.1, 0.15) is 5.75 Å². The normalized spacial score (nSPS) is 15.3. The van der Waals surface area contributed by atoms with E-state index < -0.39 is 0 Å². The first-order valence-corrected chi connectivity index (χ1v) is 10.2. The average Bonchev–Trinajstić information content (AvgIpc) is 2.74. The molecule has 3 rings (SSSR count). The summed E-state index contributed by atoms with van der Waals surface area (Å²) in [4.78, 5) is 18.9. The molecule has 1 unspecified atom stereocenters. The standard InChI is InChI=1S/C22H29ClN4O2/c1-25(2)21(17-8-10-18(29-3)11-9-17)16-24-22(28)27-14-12-26(13-15-27)20-7-5-4-6-19(20)23/h4-11,21H,12-16H2,1-3H3,(H,24,28). The summed E-state index contributed by atoms with van der Waals surface area (Å²) in [5, 5.41) is 3.85. The molecule has 1 fully saturated rings. The molecule has 2 aromatic rings. The lowest BCUT2D eigenvalue weighted by Crippen LogP contribution is -2.52. The predicted molar refractivity (Wildman–Crippen MR) is 118 cm³/mol. The van der Waals surface area contributed by atoms with Crippen molar-refractivity contribution in [3.63, 3.8) is 0 Å². The zero-order valence-electron chi connectivity index (χ0n) is 17.3. The van der Waals surface area contributed by atoms with E-state index in [1.54, 1.807) is 7.11 Å². The molecule has 2 amide bonds. The van der Waals surface area contributed by atoms with Crippen LogP contribution >= 0.6 is 11.6 Å². The largest absolute Gasteiger partial charge is 0.497 e. The molecule has 7 heteroatoms. The highest BCUT2D eigenvalue weighted by molar-refractivity contribution is 6.33. The van der Waals surface area contributed by atoms with Gasteiger partial charge in [-0.1, -0.05) is 35.9 Å². The number of amides is 2. The quantitative estimate of drug-likeness (QED) is 0.783. The SMILES string of the molecule is COc1ccc(C(CNC(=O)N2CCN(c3ccccc3Cl)CC2)N(C)C)cc1. The van der Waals surface area contributed by atoms with E-state index in [9.17, 15) is 4.79 Å². The van der Waals surface area contributed by atoms with Gasteiger partial charge in [0, 0.05) is 32.7 Å². The van der Waals surface area contributed by atoms with E-state index in [1.165, 1.54) is 0 Å². The number of nitrogens with zero attached hydrogens (tertiary/aromatic N) is 3. The van der Waals surface area contributed by atoms with E-state index in [4.69, 9.17) is 16.3 Å². The van der Waals surface area contributed by atoms with Crippen LogP contribution in [0.4, 0.5) is 10.5 Å². The molecule has 1 N–H and O–H groups in total. The van der Waals surface area contributed by atoms with Crippen molar-refractivity contribution in [1.82, 2.24) is 15.1 Å². The lowest BCUT2D eigenvalue weighted by atomic mass is 10.1. The number of anilines is 1. The van der Waals surface area contributed by atoms with Crippen molar-refractivity contribution in [3.05, 3.63) is 59.1 Å². The number of hydrogen-bond acceptors (Lipinski definition) is 4. The second kappa shape index (κ2) is 9.85. The number of methoxy groups -OCH3 is 1. The fraction of sp³-hybridized carbons (Fsp3) is 0.409. The van der Waals surface area contributed by atoms with Crippen LogP contribution in [0.1, 0.15) is 11.6 Å². The number of halogens is 1. The number of benzene rings is 2. The van der Waals surface area contributed by atoms with Crippen LogP contribution in [0.2, 0.25) is 5.02 Å². The van der Waals surface area contributed by atoms with Gasteiger partial charge in [0.15, 0.2) is 0 Å². The van der Waals surface area contributed by atoms with Crippen LogP contribution in [-0.4, -0.2) is 69.8 Å². The Kier molecular flexibility index (Phi) is 7.23. The summed E-state index contributed by atoms with van der Waals surface area (Å²) in [5.41, 5.74) is 2.17. The molecule has 1 aliphatic rings. The molecular formula is C22H29ClN4O2. The van der Waals surface area contributed by atoms with Gasteiger partial charge in [-0.05, 0) is 43.9 Å². The van der Waals surface area contributed by atoms with Crippen LogP contribution in [0, 0.1) is 0 Å². The number of carbonyl (C=O) groups excluding carboxylic acids is 1. The van der Waals surface area contributed by atoms with Gasteiger partial charge in [0.05, 0.1) is 23.9 Å². The summed E-state index contributed by atoms with van der Waals surface area (Å²) in [6.45, 7) is 3.43. The van der Waals surface area contributed by atoms with Crippen molar-refractivity contribution in [2.24, 2.45) is 0 Å². The first-order chi connectivity index (χ1) is 14.0. The first kappa shape index (κ1) is 21.3. The Bertz CT molecular complexity index is 805. The van der Waals surface area contributed by atoms with Gasteiger partial charge in [-0.25, -0.2) is 4.79 Å². The lowest BCUT2D eigenvalue weighted by molar-refractivity contribution is 0.189. The Morgan fingerprint density at radius 2 is 1.76 bits per heavy atom. The smallest absolute Gasteiger partial charge is 0.317 e. The van der Waals surface area contributed by atoms with Crippen molar-refractivity contribution in [1.29, 1.82) is 0 Å². The zero-order valence-corrected chi connectivity index (χ0v) is 18.0. The number of hydrogen-bond donors (Lipinski definition) is 1. The van der Waals surface area contributed by atoms with Crippen LogP contribution in [0.25, 0.3) is 0 Å².